The molecule has 0 bridgehead atoms. The number of hydrogen-bond acceptors (Lipinski definition) is 5. The summed E-state index contributed by atoms with van der Waals surface area (Å²) in [5.74, 6) is 0.518. The number of fused-ring (bicyclic) bond motifs is 3. The first-order valence-corrected chi connectivity index (χ1v) is 10.3. The van der Waals surface area contributed by atoms with Crippen molar-refractivity contribution in [3.05, 3.63) is 41.7 Å². The van der Waals surface area contributed by atoms with Gasteiger partial charge in [0.05, 0.1) is 6.10 Å². The van der Waals surface area contributed by atoms with Crippen molar-refractivity contribution in [3.8, 4) is 11.1 Å². The lowest BCUT2D eigenvalue weighted by Gasteiger charge is -2.26. The van der Waals surface area contributed by atoms with Crippen molar-refractivity contribution >= 4 is 22.9 Å². The maximum Gasteiger partial charge on any atom is 0.268 e. The van der Waals surface area contributed by atoms with E-state index in [1.807, 2.05) is 29.0 Å². The molecule has 1 fully saturated rings. The van der Waals surface area contributed by atoms with Crippen LogP contribution in [-0.2, 0) is 6.54 Å². The third kappa shape index (κ3) is 3.15. The van der Waals surface area contributed by atoms with Crippen LogP contribution in [0, 0.1) is 6.92 Å². The first-order chi connectivity index (χ1) is 14.1. The minimum Gasteiger partial charge on any atom is -0.393 e. The molecular weight excluding hydrogens is 366 g/mol. The Bertz CT molecular complexity index is 1080. The Labute approximate surface area is 169 Å². The zero-order chi connectivity index (χ0) is 20.0. The molecule has 7 nitrogen and oxygen atoms in total. The Morgan fingerprint density at radius 3 is 2.79 bits per heavy atom. The van der Waals surface area contributed by atoms with Gasteiger partial charge >= 0.3 is 0 Å². The van der Waals surface area contributed by atoms with Gasteiger partial charge in [0.2, 0.25) is 5.95 Å². The lowest BCUT2D eigenvalue weighted by atomic mass is 9.93. The van der Waals surface area contributed by atoms with E-state index >= 15 is 0 Å². The molecule has 0 radical (unpaired) electrons. The highest BCUT2D eigenvalue weighted by molar-refractivity contribution is 6.10. The number of carbonyl (C=O) groups excluding carboxylic acids is 1. The summed E-state index contributed by atoms with van der Waals surface area (Å²) in [4.78, 5) is 22.2. The number of carbonyl (C=O) groups is 1. The van der Waals surface area contributed by atoms with E-state index < -0.39 is 0 Å². The highest BCUT2D eigenvalue weighted by Crippen LogP contribution is 2.37. The summed E-state index contributed by atoms with van der Waals surface area (Å²) in [5, 5.41) is 17.0. The van der Waals surface area contributed by atoms with Crippen molar-refractivity contribution < 1.29 is 9.90 Å². The zero-order valence-electron chi connectivity index (χ0n) is 16.5. The van der Waals surface area contributed by atoms with Crippen molar-refractivity contribution in [3.63, 3.8) is 0 Å². The molecule has 0 unspecified atom stereocenters. The van der Waals surface area contributed by atoms with E-state index in [0.29, 0.717) is 24.7 Å². The van der Waals surface area contributed by atoms with Gasteiger partial charge in [0.1, 0.15) is 11.3 Å². The number of amides is 1. The number of aryl methyl sites for hydroxylation is 1. The Kier molecular flexibility index (Phi) is 4.47. The number of aliphatic hydroxyl groups is 1. The maximum atomic E-state index is 12.8. The van der Waals surface area contributed by atoms with Gasteiger partial charge in [-0.2, -0.15) is 4.98 Å². The topological polar surface area (TPSA) is 92.1 Å². The maximum absolute atomic E-state index is 12.8. The van der Waals surface area contributed by atoms with E-state index in [4.69, 9.17) is 4.98 Å². The highest BCUT2D eigenvalue weighted by Gasteiger charge is 2.29. The Morgan fingerprint density at radius 1 is 1.21 bits per heavy atom. The number of aromatic nitrogens is 3. The summed E-state index contributed by atoms with van der Waals surface area (Å²) in [6, 6.07) is 8.37. The van der Waals surface area contributed by atoms with Gasteiger partial charge in [-0.15, -0.1) is 0 Å². The standard InChI is InChI=1S/C22H25N5O2/c1-13-4-2-3-5-16(13)18-17-12-24-22(25-14-6-8-15(28)9-7-14)26-20(17)27-11-10-23-21(29)19(18)27/h2-5,12,14-15,28H,6-11H2,1H3,(H,23,29)(H,24,25,26). The van der Waals surface area contributed by atoms with Gasteiger partial charge in [-0.1, -0.05) is 24.3 Å². The summed E-state index contributed by atoms with van der Waals surface area (Å²) < 4.78 is 2.02. The highest BCUT2D eigenvalue weighted by atomic mass is 16.3. The second-order valence-corrected chi connectivity index (χ2v) is 8.03. The predicted molar refractivity (Wildman–Crippen MR) is 112 cm³/mol. The van der Waals surface area contributed by atoms with Crippen molar-refractivity contribution in [1.29, 1.82) is 0 Å². The van der Waals surface area contributed by atoms with Crippen LogP contribution in [0.2, 0.25) is 0 Å². The molecule has 7 heteroatoms. The zero-order valence-corrected chi connectivity index (χ0v) is 16.5. The Balaban J connectivity index is 1.61. The molecule has 3 heterocycles. The van der Waals surface area contributed by atoms with Gasteiger partial charge in [0.15, 0.2) is 0 Å². The van der Waals surface area contributed by atoms with Crippen LogP contribution in [0.4, 0.5) is 5.95 Å². The first kappa shape index (κ1) is 18.1. The quantitative estimate of drug-likeness (QED) is 0.639. The third-order valence-corrected chi connectivity index (χ3v) is 6.08. The van der Waals surface area contributed by atoms with Crippen molar-refractivity contribution in [2.45, 2.75) is 51.3 Å². The molecule has 1 aliphatic heterocycles. The Morgan fingerprint density at radius 2 is 2.00 bits per heavy atom. The van der Waals surface area contributed by atoms with Gasteiger partial charge in [-0.25, -0.2) is 4.98 Å². The van der Waals surface area contributed by atoms with Crippen molar-refractivity contribution in [1.82, 2.24) is 19.9 Å². The smallest absolute Gasteiger partial charge is 0.268 e. The van der Waals surface area contributed by atoms with E-state index in [1.54, 1.807) is 0 Å². The number of benzene rings is 1. The van der Waals surface area contributed by atoms with E-state index in [-0.39, 0.29) is 18.1 Å². The first-order valence-electron chi connectivity index (χ1n) is 10.3. The van der Waals surface area contributed by atoms with Gasteiger partial charge in [0, 0.05) is 36.3 Å². The molecule has 1 aliphatic carbocycles. The number of aliphatic hydroxyl groups excluding tert-OH is 1. The fraction of sp³-hybridized carbons (Fsp3) is 0.409. The lowest BCUT2D eigenvalue weighted by Crippen LogP contribution is -2.35. The second-order valence-electron chi connectivity index (χ2n) is 8.03. The van der Waals surface area contributed by atoms with Crippen LogP contribution in [0.3, 0.4) is 0 Å². The molecule has 150 valence electrons. The molecule has 0 saturated heterocycles. The monoisotopic (exact) mass is 391 g/mol. The molecule has 1 saturated carbocycles. The van der Waals surface area contributed by atoms with Gasteiger partial charge in [-0.3, -0.25) is 4.79 Å². The second kappa shape index (κ2) is 7.15. The van der Waals surface area contributed by atoms with E-state index in [0.717, 1.165) is 53.4 Å². The summed E-state index contributed by atoms with van der Waals surface area (Å²) in [7, 11) is 0. The van der Waals surface area contributed by atoms with Crippen LogP contribution in [0.1, 0.15) is 41.7 Å². The van der Waals surface area contributed by atoms with Crippen LogP contribution < -0.4 is 10.6 Å². The molecule has 0 atom stereocenters. The summed E-state index contributed by atoms with van der Waals surface area (Å²) in [5.41, 5.74) is 4.51. The summed E-state index contributed by atoms with van der Waals surface area (Å²) >= 11 is 0. The molecule has 29 heavy (non-hydrogen) atoms. The van der Waals surface area contributed by atoms with E-state index in [9.17, 15) is 9.90 Å². The Hall–Kier alpha value is -2.93. The van der Waals surface area contributed by atoms with Gasteiger partial charge in [-0.05, 0) is 43.7 Å². The van der Waals surface area contributed by atoms with Crippen LogP contribution in [0.15, 0.2) is 30.5 Å². The average Bonchev–Trinajstić information content (AvgIpc) is 3.05. The van der Waals surface area contributed by atoms with Crippen LogP contribution in [0.5, 0.6) is 0 Å². The molecule has 1 amide bonds. The fourth-order valence-electron chi connectivity index (χ4n) is 4.54. The number of rotatable bonds is 3. The minimum absolute atomic E-state index is 0.0664. The number of nitrogens with one attached hydrogen (secondary N) is 2. The molecule has 2 aromatic heterocycles. The molecule has 1 aromatic carbocycles. The number of anilines is 1. The van der Waals surface area contributed by atoms with Gasteiger partial charge in [0.25, 0.3) is 5.91 Å². The molecule has 0 spiro atoms. The molecule has 3 N–H and O–H groups in total. The van der Waals surface area contributed by atoms with Crippen molar-refractivity contribution in [2.75, 3.05) is 11.9 Å². The number of hydrogen-bond donors (Lipinski definition) is 3. The minimum atomic E-state index is -0.190. The summed E-state index contributed by atoms with van der Waals surface area (Å²) in [6.07, 6.45) is 5.07. The molecule has 3 aromatic rings. The summed E-state index contributed by atoms with van der Waals surface area (Å²) in [6.45, 7) is 3.34. The molecule has 2 aliphatic rings. The van der Waals surface area contributed by atoms with Crippen LogP contribution in [0.25, 0.3) is 22.2 Å². The van der Waals surface area contributed by atoms with E-state index in [2.05, 4.69) is 28.6 Å². The van der Waals surface area contributed by atoms with Gasteiger partial charge < -0.3 is 20.3 Å². The average molecular weight is 391 g/mol. The SMILES string of the molecule is Cc1ccccc1-c1c2n(c3nc(NC4CCC(O)CC4)ncc13)CCNC2=O. The van der Waals surface area contributed by atoms with E-state index in [1.165, 1.54) is 0 Å². The largest absolute Gasteiger partial charge is 0.393 e. The molecular formula is C22H25N5O2. The lowest BCUT2D eigenvalue weighted by molar-refractivity contribution is 0.0929. The van der Waals surface area contributed by atoms with Crippen LogP contribution >= 0.6 is 0 Å². The third-order valence-electron chi connectivity index (χ3n) is 6.08. The van der Waals surface area contributed by atoms with Crippen LogP contribution in [-0.4, -0.2) is 44.2 Å². The predicted octanol–water partition coefficient (Wildman–Crippen LogP) is 2.87. The van der Waals surface area contributed by atoms with Crippen molar-refractivity contribution in [2.24, 2.45) is 0 Å². The number of nitrogens with zero attached hydrogens (tertiary/aromatic N) is 3. The normalized spacial score (nSPS) is 21.7. The fourth-order valence-corrected chi connectivity index (χ4v) is 4.54. The molecule has 5 rings (SSSR count).